The summed E-state index contributed by atoms with van der Waals surface area (Å²) in [4.78, 5) is 4.22. The average Bonchev–Trinajstić information content (AvgIpc) is 2.90. The second kappa shape index (κ2) is 9.32. The standard InChI is InChI=1S/C15H21BrFN3S.HI/c1-15(6-3-7-21-15)10-20-14(18-2)19-9-11-8-12(17)4-5-13(11)16;/h4-5,8H,3,6-7,9-10H2,1-2H3,(H2,18,19,20);1H. The second-order valence-corrected chi connectivity index (χ2v) is 7.95. The fraction of sp³-hybridized carbons (Fsp3) is 0.533. The Hall–Kier alpha value is -0.0200. The first-order chi connectivity index (χ1) is 10.0. The number of nitrogens with one attached hydrogen (secondary N) is 2. The molecule has 1 aliphatic heterocycles. The Balaban J connectivity index is 0.00000242. The van der Waals surface area contributed by atoms with Crippen LogP contribution in [0.25, 0.3) is 0 Å². The van der Waals surface area contributed by atoms with Gasteiger partial charge in [-0.1, -0.05) is 15.9 Å². The van der Waals surface area contributed by atoms with Crippen molar-refractivity contribution in [2.75, 3.05) is 19.3 Å². The number of hydrogen-bond acceptors (Lipinski definition) is 2. The highest BCUT2D eigenvalue weighted by atomic mass is 127. The predicted octanol–water partition coefficient (Wildman–Crippen LogP) is 4.16. The first kappa shape index (κ1) is 20.0. The summed E-state index contributed by atoms with van der Waals surface area (Å²) in [5.41, 5.74) is 0.874. The minimum Gasteiger partial charge on any atom is -0.355 e. The van der Waals surface area contributed by atoms with Gasteiger partial charge in [0.25, 0.3) is 0 Å². The van der Waals surface area contributed by atoms with Gasteiger partial charge in [0.05, 0.1) is 0 Å². The summed E-state index contributed by atoms with van der Waals surface area (Å²) in [6.07, 6.45) is 2.52. The van der Waals surface area contributed by atoms with Gasteiger partial charge in [-0.25, -0.2) is 4.39 Å². The maximum Gasteiger partial charge on any atom is 0.191 e. The lowest BCUT2D eigenvalue weighted by molar-refractivity contribution is 0.584. The molecular formula is C15H22BrFIN3S. The third-order valence-electron chi connectivity index (χ3n) is 3.61. The van der Waals surface area contributed by atoms with E-state index in [4.69, 9.17) is 0 Å². The first-order valence-electron chi connectivity index (χ1n) is 7.05. The Morgan fingerprint density at radius 1 is 1.45 bits per heavy atom. The average molecular weight is 502 g/mol. The molecule has 0 radical (unpaired) electrons. The van der Waals surface area contributed by atoms with E-state index >= 15 is 0 Å². The molecule has 0 aromatic heterocycles. The highest BCUT2D eigenvalue weighted by Gasteiger charge is 2.29. The summed E-state index contributed by atoms with van der Waals surface area (Å²) in [5.74, 6) is 1.76. The molecule has 2 rings (SSSR count). The van der Waals surface area contributed by atoms with Gasteiger partial charge in [-0.05, 0) is 49.3 Å². The molecule has 1 aliphatic rings. The molecule has 0 saturated carbocycles. The summed E-state index contributed by atoms with van der Waals surface area (Å²) in [6.45, 7) is 3.71. The SMILES string of the molecule is CN=C(NCc1cc(F)ccc1Br)NCC1(C)CCCS1.I. The molecule has 0 aliphatic carbocycles. The third kappa shape index (κ3) is 5.88. The lowest BCUT2D eigenvalue weighted by Gasteiger charge is -2.24. The molecule has 1 unspecified atom stereocenters. The molecule has 1 fully saturated rings. The molecule has 1 aromatic carbocycles. The van der Waals surface area contributed by atoms with Crippen molar-refractivity contribution in [3.8, 4) is 0 Å². The van der Waals surface area contributed by atoms with Crippen LogP contribution in [-0.2, 0) is 6.54 Å². The van der Waals surface area contributed by atoms with Crippen molar-refractivity contribution in [3.05, 3.63) is 34.1 Å². The fourth-order valence-corrected chi connectivity index (χ4v) is 3.96. The predicted molar refractivity (Wildman–Crippen MR) is 108 cm³/mol. The van der Waals surface area contributed by atoms with Gasteiger partial charge in [-0.15, -0.1) is 24.0 Å². The van der Waals surface area contributed by atoms with E-state index < -0.39 is 0 Å². The molecule has 3 nitrogen and oxygen atoms in total. The molecule has 0 bridgehead atoms. The second-order valence-electron chi connectivity index (χ2n) is 5.42. The lowest BCUT2D eigenvalue weighted by Crippen LogP contribution is -2.43. The molecule has 0 amide bonds. The van der Waals surface area contributed by atoms with Crippen molar-refractivity contribution in [1.82, 2.24) is 10.6 Å². The zero-order chi connectivity index (χ0) is 15.3. The van der Waals surface area contributed by atoms with E-state index in [0.717, 1.165) is 22.5 Å². The number of nitrogens with zero attached hydrogens (tertiary/aromatic N) is 1. The minimum absolute atomic E-state index is 0. The molecule has 1 aromatic rings. The Kier molecular flexibility index (Phi) is 8.48. The quantitative estimate of drug-likeness (QED) is 0.369. The number of benzene rings is 1. The van der Waals surface area contributed by atoms with E-state index in [1.165, 1.54) is 30.7 Å². The molecule has 22 heavy (non-hydrogen) atoms. The first-order valence-corrected chi connectivity index (χ1v) is 8.83. The van der Waals surface area contributed by atoms with Crippen LogP contribution in [-0.4, -0.2) is 30.1 Å². The van der Waals surface area contributed by atoms with Gasteiger partial charge < -0.3 is 10.6 Å². The van der Waals surface area contributed by atoms with E-state index in [-0.39, 0.29) is 34.5 Å². The van der Waals surface area contributed by atoms with Gasteiger partial charge in [0.1, 0.15) is 5.82 Å². The van der Waals surface area contributed by atoms with E-state index in [1.54, 1.807) is 13.1 Å². The van der Waals surface area contributed by atoms with Crippen LogP contribution < -0.4 is 10.6 Å². The van der Waals surface area contributed by atoms with Gasteiger partial charge in [-0.2, -0.15) is 11.8 Å². The van der Waals surface area contributed by atoms with Crippen molar-refractivity contribution in [3.63, 3.8) is 0 Å². The molecule has 1 saturated heterocycles. The topological polar surface area (TPSA) is 36.4 Å². The van der Waals surface area contributed by atoms with Gasteiger partial charge in [-0.3, -0.25) is 4.99 Å². The van der Waals surface area contributed by atoms with Crippen molar-refractivity contribution in [1.29, 1.82) is 0 Å². The van der Waals surface area contributed by atoms with Crippen molar-refractivity contribution >= 4 is 57.6 Å². The van der Waals surface area contributed by atoms with Gasteiger partial charge in [0, 0.05) is 29.4 Å². The van der Waals surface area contributed by atoms with Crippen LogP contribution >= 0.6 is 51.7 Å². The molecule has 0 spiro atoms. The Morgan fingerprint density at radius 3 is 2.86 bits per heavy atom. The van der Waals surface area contributed by atoms with E-state index in [0.29, 0.717) is 6.54 Å². The largest absolute Gasteiger partial charge is 0.355 e. The minimum atomic E-state index is -0.229. The lowest BCUT2D eigenvalue weighted by atomic mass is 10.1. The maximum absolute atomic E-state index is 13.3. The van der Waals surface area contributed by atoms with Gasteiger partial charge >= 0.3 is 0 Å². The molecule has 1 atom stereocenters. The van der Waals surface area contributed by atoms with E-state index in [1.807, 2.05) is 11.8 Å². The number of halogens is 3. The Morgan fingerprint density at radius 2 is 2.23 bits per heavy atom. The van der Waals surface area contributed by atoms with Crippen molar-refractivity contribution < 1.29 is 4.39 Å². The highest BCUT2D eigenvalue weighted by molar-refractivity contribution is 14.0. The van der Waals surface area contributed by atoms with Crippen LogP contribution in [0, 0.1) is 5.82 Å². The molecule has 2 N–H and O–H groups in total. The summed E-state index contributed by atoms with van der Waals surface area (Å²) in [5, 5.41) is 6.59. The molecule has 124 valence electrons. The summed E-state index contributed by atoms with van der Waals surface area (Å²) < 4.78 is 14.4. The molecular weight excluding hydrogens is 480 g/mol. The van der Waals surface area contributed by atoms with Crippen LogP contribution in [0.2, 0.25) is 0 Å². The Labute approximate surface area is 161 Å². The summed E-state index contributed by atoms with van der Waals surface area (Å²) in [6, 6.07) is 4.69. The van der Waals surface area contributed by atoms with E-state index in [2.05, 4.69) is 38.5 Å². The zero-order valence-electron chi connectivity index (χ0n) is 12.8. The summed E-state index contributed by atoms with van der Waals surface area (Å²) >= 11 is 5.45. The number of hydrogen-bond donors (Lipinski definition) is 2. The third-order valence-corrected chi connectivity index (χ3v) is 5.92. The van der Waals surface area contributed by atoms with Gasteiger partial charge in [0.15, 0.2) is 5.96 Å². The van der Waals surface area contributed by atoms with Crippen LogP contribution in [0.4, 0.5) is 4.39 Å². The normalized spacial score (nSPS) is 21.4. The van der Waals surface area contributed by atoms with Crippen molar-refractivity contribution in [2.45, 2.75) is 31.1 Å². The maximum atomic E-state index is 13.3. The molecule has 7 heteroatoms. The monoisotopic (exact) mass is 501 g/mol. The van der Waals surface area contributed by atoms with Crippen molar-refractivity contribution in [2.24, 2.45) is 4.99 Å². The van der Waals surface area contributed by atoms with Crippen LogP contribution in [0.5, 0.6) is 0 Å². The highest BCUT2D eigenvalue weighted by Crippen LogP contribution is 2.36. The van der Waals surface area contributed by atoms with Crippen LogP contribution in [0.1, 0.15) is 25.3 Å². The zero-order valence-corrected chi connectivity index (χ0v) is 17.5. The number of aliphatic imine (C=N–C) groups is 1. The molecule has 1 heterocycles. The fourth-order valence-electron chi connectivity index (χ4n) is 2.33. The smallest absolute Gasteiger partial charge is 0.191 e. The Bertz CT molecular complexity index is 522. The summed E-state index contributed by atoms with van der Waals surface area (Å²) in [7, 11) is 1.75. The van der Waals surface area contributed by atoms with Crippen LogP contribution in [0.3, 0.4) is 0 Å². The number of rotatable bonds is 4. The number of guanidine groups is 1. The van der Waals surface area contributed by atoms with E-state index in [9.17, 15) is 4.39 Å². The van der Waals surface area contributed by atoms with Gasteiger partial charge in [0.2, 0.25) is 0 Å². The van der Waals surface area contributed by atoms with Crippen LogP contribution in [0.15, 0.2) is 27.7 Å². The number of thioether (sulfide) groups is 1.